The lowest BCUT2D eigenvalue weighted by atomic mass is 10.0. The Hall–Kier alpha value is -4.27. The van der Waals surface area contributed by atoms with Crippen LogP contribution in [-0.2, 0) is 4.79 Å². The molecule has 9 nitrogen and oxygen atoms in total. The topological polar surface area (TPSA) is 104 Å². The number of amides is 4. The van der Waals surface area contributed by atoms with Crippen LogP contribution in [0.5, 0.6) is 0 Å². The average Bonchev–Trinajstić information content (AvgIpc) is 3.50. The number of hydrogen-bond donors (Lipinski definition) is 0. The Kier molecular flexibility index (Phi) is 4.04. The van der Waals surface area contributed by atoms with Crippen LogP contribution in [0.3, 0.4) is 0 Å². The van der Waals surface area contributed by atoms with Crippen molar-refractivity contribution < 1.29 is 19.3 Å². The van der Waals surface area contributed by atoms with Gasteiger partial charge in [-0.15, -0.1) is 0 Å². The summed E-state index contributed by atoms with van der Waals surface area (Å²) in [5.41, 5.74) is 0.779. The minimum atomic E-state index is -0.752. The molecule has 0 aliphatic carbocycles. The zero-order valence-corrected chi connectivity index (χ0v) is 17.3. The SMILES string of the molecule is O=C1[C@@H]2[C@H]3C[C@H](CN3C(=O)c3ccccc3)N2C(=O)N1c1ccc([N+](=O)[O-])c2ccccc12. The Balaban J connectivity index is 1.38. The van der Waals surface area contributed by atoms with Gasteiger partial charge < -0.3 is 9.80 Å². The van der Waals surface area contributed by atoms with Crippen molar-refractivity contribution in [3.05, 3.63) is 82.4 Å². The summed E-state index contributed by atoms with van der Waals surface area (Å²) < 4.78 is 0. The molecule has 3 aromatic rings. The van der Waals surface area contributed by atoms with Crippen LogP contribution in [0.1, 0.15) is 16.8 Å². The third-order valence-corrected chi connectivity index (χ3v) is 6.86. The molecule has 0 saturated carbocycles. The molecule has 6 rings (SSSR count). The molecule has 2 bridgehead atoms. The molecule has 33 heavy (non-hydrogen) atoms. The molecule has 3 aromatic carbocycles. The third kappa shape index (κ3) is 2.62. The molecule has 3 atom stereocenters. The molecule has 3 fully saturated rings. The van der Waals surface area contributed by atoms with Gasteiger partial charge in [0.25, 0.3) is 17.5 Å². The second-order valence-electron chi connectivity index (χ2n) is 8.50. The van der Waals surface area contributed by atoms with E-state index in [1.54, 1.807) is 58.3 Å². The van der Waals surface area contributed by atoms with Gasteiger partial charge in [0.2, 0.25) is 0 Å². The van der Waals surface area contributed by atoms with Crippen LogP contribution in [0.2, 0.25) is 0 Å². The van der Waals surface area contributed by atoms with E-state index in [1.165, 1.54) is 12.1 Å². The summed E-state index contributed by atoms with van der Waals surface area (Å²) in [4.78, 5) is 55.4. The predicted octanol–water partition coefficient (Wildman–Crippen LogP) is 3.18. The van der Waals surface area contributed by atoms with Crippen molar-refractivity contribution >= 4 is 40.0 Å². The van der Waals surface area contributed by atoms with E-state index in [0.717, 1.165) is 4.90 Å². The van der Waals surface area contributed by atoms with Gasteiger partial charge in [0.05, 0.1) is 28.1 Å². The first-order valence-electron chi connectivity index (χ1n) is 10.7. The van der Waals surface area contributed by atoms with Gasteiger partial charge in [0.15, 0.2) is 0 Å². The predicted molar refractivity (Wildman–Crippen MR) is 119 cm³/mol. The van der Waals surface area contributed by atoms with Gasteiger partial charge in [0, 0.05) is 23.6 Å². The minimum Gasteiger partial charge on any atom is -0.331 e. The Morgan fingerprint density at radius 2 is 1.64 bits per heavy atom. The number of benzene rings is 3. The summed E-state index contributed by atoms with van der Waals surface area (Å²) in [6.45, 7) is 0.378. The monoisotopic (exact) mass is 442 g/mol. The van der Waals surface area contributed by atoms with Crippen molar-refractivity contribution in [2.24, 2.45) is 0 Å². The van der Waals surface area contributed by atoms with Gasteiger partial charge in [0.1, 0.15) is 6.04 Å². The maximum absolute atomic E-state index is 13.5. The first-order valence-corrected chi connectivity index (χ1v) is 10.7. The maximum atomic E-state index is 13.5. The van der Waals surface area contributed by atoms with E-state index in [4.69, 9.17) is 0 Å². The number of non-ortho nitro benzene ring substituents is 1. The van der Waals surface area contributed by atoms with Crippen LogP contribution in [0.15, 0.2) is 66.7 Å². The highest BCUT2D eigenvalue weighted by atomic mass is 16.6. The number of nitro groups is 1. The van der Waals surface area contributed by atoms with Crippen molar-refractivity contribution in [2.75, 3.05) is 11.4 Å². The largest absolute Gasteiger partial charge is 0.332 e. The van der Waals surface area contributed by atoms with Gasteiger partial charge in [-0.3, -0.25) is 19.7 Å². The fourth-order valence-corrected chi connectivity index (χ4v) is 5.48. The molecular formula is C24H18N4O5. The number of rotatable bonds is 3. The molecule has 0 radical (unpaired) electrons. The number of piperazine rings is 1. The van der Waals surface area contributed by atoms with Gasteiger partial charge in [-0.1, -0.05) is 36.4 Å². The van der Waals surface area contributed by atoms with E-state index in [2.05, 4.69) is 0 Å². The van der Waals surface area contributed by atoms with Crippen LogP contribution in [-0.4, -0.2) is 57.2 Å². The molecule has 0 N–H and O–H groups in total. The molecule has 0 aromatic heterocycles. The van der Waals surface area contributed by atoms with Crippen molar-refractivity contribution in [3.8, 4) is 0 Å². The van der Waals surface area contributed by atoms with Crippen LogP contribution in [0.25, 0.3) is 10.8 Å². The zero-order valence-electron chi connectivity index (χ0n) is 17.3. The van der Waals surface area contributed by atoms with E-state index in [0.29, 0.717) is 35.0 Å². The summed E-state index contributed by atoms with van der Waals surface area (Å²) in [6.07, 6.45) is 0.565. The molecule has 3 aliphatic rings. The van der Waals surface area contributed by atoms with Crippen molar-refractivity contribution in [2.45, 2.75) is 24.5 Å². The zero-order chi connectivity index (χ0) is 22.9. The van der Waals surface area contributed by atoms with Gasteiger partial charge in [-0.05, 0) is 30.7 Å². The highest BCUT2D eigenvalue weighted by Crippen LogP contribution is 2.44. The van der Waals surface area contributed by atoms with E-state index in [9.17, 15) is 24.5 Å². The number of carbonyl (C=O) groups is 3. The van der Waals surface area contributed by atoms with Crippen molar-refractivity contribution in [1.82, 2.24) is 9.80 Å². The normalized spacial score (nSPS) is 23.5. The summed E-state index contributed by atoms with van der Waals surface area (Å²) in [5.74, 6) is -0.556. The number of nitro benzene ring substituents is 1. The lowest BCUT2D eigenvalue weighted by Crippen LogP contribution is -2.54. The Labute approximate surface area is 187 Å². The Bertz CT molecular complexity index is 1360. The van der Waals surface area contributed by atoms with E-state index in [1.807, 2.05) is 6.07 Å². The van der Waals surface area contributed by atoms with Gasteiger partial charge >= 0.3 is 6.03 Å². The first-order chi connectivity index (χ1) is 16.0. The summed E-state index contributed by atoms with van der Waals surface area (Å²) in [5, 5.41) is 12.3. The Morgan fingerprint density at radius 3 is 2.36 bits per heavy atom. The van der Waals surface area contributed by atoms with Crippen LogP contribution < -0.4 is 4.90 Å². The first kappa shape index (κ1) is 19.4. The summed E-state index contributed by atoms with van der Waals surface area (Å²) >= 11 is 0. The van der Waals surface area contributed by atoms with E-state index >= 15 is 0 Å². The number of nitrogens with zero attached hydrogens (tertiary/aromatic N) is 4. The van der Waals surface area contributed by atoms with Crippen molar-refractivity contribution in [3.63, 3.8) is 0 Å². The summed E-state index contributed by atoms with van der Waals surface area (Å²) in [6, 6.07) is 16.5. The lowest BCUT2D eigenvalue weighted by molar-refractivity contribution is -0.383. The smallest absolute Gasteiger partial charge is 0.331 e. The standard InChI is InChI=1S/C24H18N4O5/c29-22(14-6-2-1-3-7-14)25-13-15-12-20(25)21-23(30)27(24(31)26(15)21)18-10-11-19(28(32)33)17-9-5-4-8-16(17)18/h1-11,15,20-21H,12-13H2/t15-,20-,21+/m1/s1. The van der Waals surface area contributed by atoms with Gasteiger partial charge in [-0.25, -0.2) is 9.69 Å². The quantitative estimate of drug-likeness (QED) is 0.352. The third-order valence-electron chi connectivity index (χ3n) is 6.86. The van der Waals surface area contributed by atoms with Crippen molar-refractivity contribution in [1.29, 1.82) is 0 Å². The minimum absolute atomic E-state index is 0.0892. The number of anilines is 1. The van der Waals surface area contributed by atoms with Gasteiger partial charge in [-0.2, -0.15) is 0 Å². The molecule has 0 spiro atoms. The number of imide groups is 1. The number of likely N-dealkylation sites (tertiary alicyclic amines) is 1. The summed E-state index contributed by atoms with van der Waals surface area (Å²) in [7, 11) is 0. The van der Waals surface area contributed by atoms with E-state index < -0.39 is 28.9 Å². The molecule has 0 unspecified atom stereocenters. The highest BCUT2D eigenvalue weighted by molar-refractivity contribution is 6.25. The molecular weight excluding hydrogens is 424 g/mol. The highest BCUT2D eigenvalue weighted by Gasteiger charge is 2.63. The number of carbonyl (C=O) groups excluding carboxylic acids is 3. The van der Waals surface area contributed by atoms with Crippen LogP contribution >= 0.6 is 0 Å². The molecule has 9 heteroatoms. The molecule has 3 aliphatic heterocycles. The number of urea groups is 1. The molecule has 3 heterocycles. The maximum Gasteiger partial charge on any atom is 0.332 e. The second-order valence-corrected chi connectivity index (χ2v) is 8.50. The Morgan fingerprint density at radius 1 is 0.939 bits per heavy atom. The number of fused-ring (bicyclic) bond motifs is 6. The average molecular weight is 442 g/mol. The van der Waals surface area contributed by atoms with E-state index in [-0.39, 0.29) is 17.6 Å². The fraction of sp³-hybridized carbons (Fsp3) is 0.208. The molecule has 164 valence electrons. The molecule has 3 saturated heterocycles. The lowest BCUT2D eigenvalue weighted by Gasteiger charge is -2.34. The second kappa shape index (κ2) is 6.86. The number of hydrogen-bond acceptors (Lipinski definition) is 5. The fourth-order valence-electron chi connectivity index (χ4n) is 5.48. The molecule has 4 amide bonds. The van der Waals surface area contributed by atoms with Crippen LogP contribution in [0.4, 0.5) is 16.2 Å². The van der Waals surface area contributed by atoms with Crippen LogP contribution in [0, 0.1) is 10.1 Å².